The van der Waals surface area contributed by atoms with E-state index in [2.05, 4.69) is 16.5 Å². The van der Waals surface area contributed by atoms with Crippen LogP contribution in [0.25, 0.3) is 0 Å². The monoisotopic (exact) mass is 320 g/mol. The van der Waals surface area contributed by atoms with Gasteiger partial charge < -0.3 is 10.0 Å². The molecule has 0 spiro atoms. The van der Waals surface area contributed by atoms with Crippen LogP contribution in [0.2, 0.25) is 0 Å². The zero-order valence-electron chi connectivity index (χ0n) is 11.6. The summed E-state index contributed by atoms with van der Waals surface area (Å²) in [4.78, 5) is 12.9. The van der Waals surface area contributed by atoms with Crippen LogP contribution in [-0.2, 0) is 10.0 Å². The first kappa shape index (κ1) is 17.1. The van der Waals surface area contributed by atoms with Gasteiger partial charge in [-0.15, -0.1) is 11.3 Å². The van der Waals surface area contributed by atoms with Gasteiger partial charge in [-0.25, -0.2) is 17.9 Å². The van der Waals surface area contributed by atoms with Gasteiger partial charge in [0, 0.05) is 18.5 Å². The summed E-state index contributed by atoms with van der Waals surface area (Å²) in [5.41, 5.74) is 0. The molecule has 0 radical (unpaired) electrons. The highest BCUT2D eigenvalue weighted by molar-refractivity contribution is 7.89. The topological polar surface area (TPSA) is 86.7 Å². The van der Waals surface area contributed by atoms with Gasteiger partial charge in [0.05, 0.1) is 4.90 Å². The Morgan fingerprint density at radius 3 is 2.60 bits per heavy atom. The van der Waals surface area contributed by atoms with E-state index in [-0.39, 0.29) is 9.77 Å². The molecular weight excluding hydrogens is 300 g/mol. The summed E-state index contributed by atoms with van der Waals surface area (Å²) in [6.07, 6.45) is 1.02. The molecule has 1 rings (SSSR count). The average Bonchev–Trinajstić information content (AvgIpc) is 2.88. The average molecular weight is 320 g/mol. The maximum absolute atomic E-state index is 12.0. The predicted octanol–water partition coefficient (Wildman–Crippen LogP) is 1.46. The van der Waals surface area contributed by atoms with Crippen LogP contribution in [0.1, 0.15) is 29.9 Å². The smallest absolute Gasteiger partial charge is 0.345 e. The Morgan fingerprint density at radius 1 is 1.40 bits per heavy atom. The number of hydrogen-bond donors (Lipinski definition) is 2. The maximum Gasteiger partial charge on any atom is 0.345 e. The summed E-state index contributed by atoms with van der Waals surface area (Å²) in [7, 11) is -3.62. The fourth-order valence-corrected chi connectivity index (χ4v) is 3.87. The van der Waals surface area contributed by atoms with E-state index >= 15 is 0 Å². The maximum atomic E-state index is 12.0. The number of likely N-dealkylation sites (N-methyl/N-ethyl adjacent to an activating group) is 1. The summed E-state index contributed by atoms with van der Waals surface area (Å²) < 4.78 is 26.5. The first-order valence-electron chi connectivity index (χ1n) is 6.44. The molecule has 1 heterocycles. The zero-order valence-corrected chi connectivity index (χ0v) is 13.3. The number of hydrogen-bond acceptors (Lipinski definition) is 5. The molecule has 0 aliphatic rings. The Bertz CT molecular complexity index is 539. The number of sulfonamides is 1. The molecule has 0 bridgehead atoms. The molecular formula is C12H20N2O4S2. The van der Waals surface area contributed by atoms with E-state index in [1.807, 2.05) is 6.92 Å². The summed E-state index contributed by atoms with van der Waals surface area (Å²) in [6, 6.07) is 1.18. The molecule has 2 N–H and O–H groups in total. The molecule has 0 saturated carbocycles. The first-order chi connectivity index (χ1) is 9.40. The minimum absolute atomic E-state index is 0.0124. The molecule has 0 saturated heterocycles. The van der Waals surface area contributed by atoms with E-state index in [0.29, 0.717) is 13.1 Å². The number of nitrogens with one attached hydrogen (secondary N) is 1. The van der Waals surface area contributed by atoms with Crippen LogP contribution in [0, 0.1) is 0 Å². The fraction of sp³-hybridized carbons (Fsp3) is 0.583. The number of thiophene rings is 1. The van der Waals surface area contributed by atoms with Crippen LogP contribution in [0.4, 0.5) is 0 Å². The van der Waals surface area contributed by atoms with Crippen LogP contribution < -0.4 is 4.72 Å². The Labute approximate surface area is 123 Å². The lowest BCUT2D eigenvalue weighted by Crippen LogP contribution is -2.35. The molecule has 0 aromatic carbocycles. The van der Waals surface area contributed by atoms with Gasteiger partial charge in [-0.2, -0.15) is 0 Å². The van der Waals surface area contributed by atoms with Crippen molar-refractivity contribution >= 4 is 27.3 Å². The van der Waals surface area contributed by atoms with E-state index in [9.17, 15) is 13.2 Å². The van der Waals surface area contributed by atoms with Crippen molar-refractivity contribution in [2.75, 3.05) is 26.2 Å². The number of rotatable bonds is 9. The van der Waals surface area contributed by atoms with E-state index in [1.165, 1.54) is 11.4 Å². The van der Waals surface area contributed by atoms with Crippen molar-refractivity contribution < 1.29 is 18.3 Å². The van der Waals surface area contributed by atoms with Gasteiger partial charge in [-0.3, -0.25) is 0 Å². The van der Waals surface area contributed by atoms with Crippen LogP contribution in [0.5, 0.6) is 0 Å². The van der Waals surface area contributed by atoms with Crippen molar-refractivity contribution in [1.82, 2.24) is 9.62 Å². The molecule has 6 nitrogen and oxygen atoms in total. The number of carboxylic acid groups (broad SMARTS) is 1. The molecule has 114 valence electrons. The van der Waals surface area contributed by atoms with Crippen molar-refractivity contribution in [3.8, 4) is 0 Å². The second-order valence-electron chi connectivity index (χ2n) is 4.28. The van der Waals surface area contributed by atoms with Crippen molar-refractivity contribution in [1.29, 1.82) is 0 Å². The van der Waals surface area contributed by atoms with Gasteiger partial charge in [0.25, 0.3) is 0 Å². The third-order valence-corrected chi connectivity index (χ3v) is 5.31. The SMILES string of the molecule is CCCN(CC)CCNS(=O)(=O)c1csc(C(=O)O)c1. The molecule has 20 heavy (non-hydrogen) atoms. The Morgan fingerprint density at radius 2 is 2.10 bits per heavy atom. The number of carbonyl (C=O) groups is 1. The summed E-state index contributed by atoms with van der Waals surface area (Å²) in [5.74, 6) is -1.11. The molecule has 8 heteroatoms. The van der Waals surface area contributed by atoms with Crippen LogP contribution in [0.3, 0.4) is 0 Å². The summed E-state index contributed by atoms with van der Waals surface area (Å²) in [5, 5.41) is 10.1. The van der Waals surface area contributed by atoms with Crippen LogP contribution in [-0.4, -0.2) is 50.6 Å². The first-order valence-corrected chi connectivity index (χ1v) is 8.80. The third kappa shape index (κ3) is 4.86. The van der Waals surface area contributed by atoms with Gasteiger partial charge in [0.15, 0.2) is 0 Å². The summed E-state index contributed by atoms with van der Waals surface area (Å²) in [6.45, 7) is 6.86. The lowest BCUT2D eigenvalue weighted by molar-refractivity contribution is 0.0702. The van der Waals surface area contributed by atoms with Crippen molar-refractivity contribution in [2.45, 2.75) is 25.2 Å². The molecule has 0 atom stereocenters. The standard InChI is InChI=1S/C12H20N2O4S2/c1-3-6-14(4-2)7-5-13-20(17,18)10-8-11(12(15)16)19-9-10/h8-9,13H,3-7H2,1-2H3,(H,15,16). The zero-order chi connectivity index (χ0) is 15.2. The van der Waals surface area contributed by atoms with E-state index in [1.54, 1.807) is 0 Å². The van der Waals surface area contributed by atoms with Gasteiger partial charge in [-0.05, 0) is 25.6 Å². The Kier molecular flexibility index (Phi) is 6.60. The minimum Gasteiger partial charge on any atom is -0.477 e. The number of carboxylic acids is 1. The van der Waals surface area contributed by atoms with Crippen molar-refractivity contribution in [2.24, 2.45) is 0 Å². The highest BCUT2D eigenvalue weighted by Crippen LogP contribution is 2.18. The molecule has 1 aromatic rings. The normalized spacial score (nSPS) is 11.9. The quantitative estimate of drug-likeness (QED) is 0.719. The number of nitrogens with zero attached hydrogens (tertiary/aromatic N) is 1. The second-order valence-corrected chi connectivity index (χ2v) is 6.96. The van der Waals surface area contributed by atoms with Crippen molar-refractivity contribution in [3.63, 3.8) is 0 Å². The third-order valence-electron chi connectivity index (χ3n) is 2.80. The van der Waals surface area contributed by atoms with E-state index in [0.717, 1.165) is 30.8 Å². The van der Waals surface area contributed by atoms with Crippen LogP contribution in [0.15, 0.2) is 16.3 Å². The molecule has 0 amide bonds. The molecule has 0 aliphatic carbocycles. The molecule has 1 aromatic heterocycles. The number of aromatic carboxylic acids is 1. The van der Waals surface area contributed by atoms with Gasteiger partial charge in [0.2, 0.25) is 10.0 Å². The largest absolute Gasteiger partial charge is 0.477 e. The molecule has 0 fully saturated rings. The van der Waals surface area contributed by atoms with Crippen LogP contribution >= 0.6 is 11.3 Å². The van der Waals surface area contributed by atoms with E-state index < -0.39 is 16.0 Å². The Hall–Kier alpha value is -0.960. The minimum atomic E-state index is -3.62. The van der Waals surface area contributed by atoms with Gasteiger partial charge >= 0.3 is 5.97 Å². The second kappa shape index (κ2) is 7.72. The fourth-order valence-electron chi connectivity index (χ4n) is 1.74. The molecule has 0 unspecified atom stereocenters. The Balaban J connectivity index is 2.58. The van der Waals surface area contributed by atoms with Crippen molar-refractivity contribution in [3.05, 3.63) is 16.3 Å². The molecule has 0 aliphatic heterocycles. The predicted molar refractivity (Wildman–Crippen MR) is 78.9 cm³/mol. The van der Waals surface area contributed by atoms with Gasteiger partial charge in [0.1, 0.15) is 4.88 Å². The van der Waals surface area contributed by atoms with Gasteiger partial charge in [-0.1, -0.05) is 13.8 Å². The lowest BCUT2D eigenvalue weighted by atomic mass is 10.4. The highest BCUT2D eigenvalue weighted by atomic mass is 32.2. The lowest BCUT2D eigenvalue weighted by Gasteiger charge is -2.19. The summed E-state index contributed by atoms with van der Waals surface area (Å²) >= 11 is 0.908. The highest BCUT2D eigenvalue weighted by Gasteiger charge is 2.18. The van der Waals surface area contributed by atoms with E-state index in [4.69, 9.17) is 5.11 Å².